The standard InChI is InChI=1S/C18H29NS/c1-3-19-17(13-16-10-8-7-9-15(16)2)14-20-18-11-5-4-6-12-18/h7-10,17-19H,3-6,11-14H2,1-2H3. The minimum Gasteiger partial charge on any atom is -0.313 e. The monoisotopic (exact) mass is 291 g/mol. The highest BCUT2D eigenvalue weighted by molar-refractivity contribution is 7.99. The maximum Gasteiger partial charge on any atom is 0.0198 e. The smallest absolute Gasteiger partial charge is 0.0198 e. The van der Waals surface area contributed by atoms with Crippen molar-refractivity contribution in [2.75, 3.05) is 12.3 Å². The highest BCUT2D eigenvalue weighted by atomic mass is 32.2. The number of nitrogens with one attached hydrogen (secondary N) is 1. The lowest BCUT2D eigenvalue weighted by Crippen LogP contribution is -2.34. The third kappa shape index (κ3) is 5.14. The number of likely N-dealkylation sites (N-methyl/N-ethyl adjacent to an activating group) is 1. The van der Waals surface area contributed by atoms with E-state index in [0.29, 0.717) is 6.04 Å². The Bertz CT molecular complexity index is 385. The SMILES string of the molecule is CCNC(CSC1CCCCC1)Cc1ccccc1C. The quantitative estimate of drug-likeness (QED) is 0.789. The third-order valence-corrected chi connectivity index (χ3v) is 5.84. The minimum absolute atomic E-state index is 0.619. The van der Waals surface area contributed by atoms with Crippen LogP contribution in [0.3, 0.4) is 0 Å². The molecule has 0 bridgehead atoms. The molecule has 2 heteroatoms. The second kappa shape index (κ2) is 8.74. The van der Waals surface area contributed by atoms with Crippen molar-refractivity contribution >= 4 is 11.8 Å². The first-order chi connectivity index (χ1) is 9.79. The van der Waals surface area contributed by atoms with Crippen LogP contribution in [-0.2, 0) is 6.42 Å². The van der Waals surface area contributed by atoms with Crippen molar-refractivity contribution in [2.45, 2.75) is 63.7 Å². The van der Waals surface area contributed by atoms with Gasteiger partial charge >= 0.3 is 0 Å². The van der Waals surface area contributed by atoms with E-state index in [4.69, 9.17) is 0 Å². The third-order valence-electron chi connectivity index (χ3n) is 4.31. The molecule has 1 aromatic rings. The first kappa shape index (κ1) is 15.9. The zero-order valence-corrected chi connectivity index (χ0v) is 13.8. The maximum atomic E-state index is 3.68. The second-order valence-electron chi connectivity index (χ2n) is 5.98. The van der Waals surface area contributed by atoms with Crippen molar-refractivity contribution in [2.24, 2.45) is 0 Å². The van der Waals surface area contributed by atoms with Gasteiger partial charge in [0.05, 0.1) is 0 Å². The van der Waals surface area contributed by atoms with Crippen molar-refractivity contribution in [1.29, 1.82) is 0 Å². The number of hydrogen-bond donors (Lipinski definition) is 1. The van der Waals surface area contributed by atoms with Gasteiger partial charge in [-0.1, -0.05) is 50.5 Å². The van der Waals surface area contributed by atoms with Gasteiger partial charge in [0.1, 0.15) is 0 Å². The minimum atomic E-state index is 0.619. The van der Waals surface area contributed by atoms with Crippen LogP contribution in [-0.4, -0.2) is 23.6 Å². The molecule has 1 aliphatic carbocycles. The van der Waals surface area contributed by atoms with Crippen LogP contribution in [0.4, 0.5) is 0 Å². The molecule has 112 valence electrons. The molecular formula is C18H29NS. The van der Waals surface area contributed by atoms with Gasteiger partial charge in [-0.2, -0.15) is 11.8 Å². The van der Waals surface area contributed by atoms with E-state index < -0.39 is 0 Å². The van der Waals surface area contributed by atoms with Gasteiger partial charge in [-0.3, -0.25) is 0 Å². The van der Waals surface area contributed by atoms with E-state index in [1.165, 1.54) is 55.4 Å². The molecule has 1 N–H and O–H groups in total. The molecule has 1 aliphatic rings. The molecule has 0 aromatic heterocycles. The molecule has 1 fully saturated rings. The number of hydrogen-bond acceptors (Lipinski definition) is 2. The lowest BCUT2D eigenvalue weighted by Gasteiger charge is -2.25. The molecule has 1 saturated carbocycles. The summed E-state index contributed by atoms with van der Waals surface area (Å²) in [5.41, 5.74) is 2.93. The van der Waals surface area contributed by atoms with Crippen molar-refractivity contribution < 1.29 is 0 Å². The molecule has 0 radical (unpaired) electrons. The predicted molar refractivity (Wildman–Crippen MR) is 91.7 cm³/mol. The molecule has 0 amide bonds. The summed E-state index contributed by atoms with van der Waals surface area (Å²) >= 11 is 2.21. The average molecular weight is 292 g/mol. The van der Waals surface area contributed by atoms with Gasteiger partial charge in [0.25, 0.3) is 0 Å². The summed E-state index contributed by atoms with van der Waals surface area (Å²) in [6.07, 6.45) is 8.39. The van der Waals surface area contributed by atoms with Gasteiger partial charge in [-0.25, -0.2) is 0 Å². The van der Waals surface area contributed by atoms with Crippen LogP contribution in [0.1, 0.15) is 50.2 Å². The Labute approximate surface area is 128 Å². The number of thioether (sulfide) groups is 1. The summed E-state index contributed by atoms with van der Waals surface area (Å²) < 4.78 is 0. The van der Waals surface area contributed by atoms with E-state index in [2.05, 4.69) is 55.2 Å². The molecule has 0 aliphatic heterocycles. The first-order valence-corrected chi connectivity index (χ1v) is 9.24. The van der Waals surface area contributed by atoms with E-state index in [9.17, 15) is 0 Å². The van der Waals surface area contributed by atoms with Crippen LogP contribution < -0.4 is 5.32 Å². The Hall–Kier alpha value is -0.470. The van der Waals surface area contributed by atoms with Gasteiger partial charge < -0.3 is 5.32 Å². The molecular weight excluding hydrogens is 262 g/mol. The highest BCUT2D eigenvalue weighted by Gasteiger charge is 2.17. The zero-order chi connectivity index (χ0) is 14.2. The fraction of sp³-hybridized carbons (Fsp3) is 0.667. The zero-order valence-electron chi connectivity index (χ0n) is 13.0. The Morgan fingerprint density at radius 2 is 1.95 bits per heavy atom. The fourth-order valence-corrected chi connectivity index (χ4v) is 4.47. The van der Waals surface area contributed by atoms with Gasteiger partial charge in [-0.05, 0) is 43.9 Å². The number of benzene rings is 1. The lowest BCUT2D eigenvalue weighted by molar-refractivity contribution is 0.513. The van der Waals surface area contributed by atoms with Crippen LogP contribution in [0.15, 0.2) is 24.3 Å². The Kier molecular flexibility index (Phi) is 6.95. The molecule has 0 saturated heterocycles. The van der Waals surface area contributed by atoms with Gasteiger partial charge in [-0.15, -0.1) is 0 Å². The second-order valence-corrected chi connectivity index (χ2v) is 7.31. The Morgan fingerprint density at radius 3 is 2.65 bits per heavy atom. The lowest BCUT2D eigenvalue weighted by atomic mass is 10.0. The molecule has 1 atom stereocenters. The van der Waals surface area contributed by atoms with Crippen LogP contribution in [0.2, 0.25) is 0 Å². The van der Waals surface area contributed by atoms with E-state index in [1.54, 1.807) is 0 Å². The summed E-state index contributed by atoms with van der Waals surface area (Å²) in [7, 11) is 0. The number of aryl methyl sites for hydroxylation is 1. The molecule has 20 heavy (non-hydrogen) atoms. The molecule has 2 rings (SSSR count). The summed E-state index contributed by atoms with van der Waals surface area (Å²) in [6.45, 7) is 5.52. The van der Waals surface area contributed by atoms with E-state index >= 15 is 0 Å². The van der Waals surface area contributed by atoms with Gasteiger partial charge in [0.15, 0.2) is 0 Å². The topological polar surface area (TPSA) is 12.0 Å². The van der Waals surface area contributed by atoms with Gasteiger partial charge in [0, 0.05) is 17.0 Å². The van der Waals surface area contributed by atoms with Crippen molar-refractivity contribution in [3.63, 3.8) is 0 Å². The van der Waals surface area contributed by atoms with Crippen molar-refractivity contribution in [3.05, 3.63) is 35.4 Å². The highest BCUT2D eigenvalue weighted by Crippen LogP contribution is 2.29. The van der Waals surface area contributed by atoms with E-state index in [0.717, 1.165) is 11.8 Å². The van der Waals surface area contributed by atoms with Crippen LogP contribution in [0.25, 0.3) is 0 Å². The van der Waals surface area contributed by atoms with Crippen LogP contribution in [0, 0.1) is 6.92 Å². The predicted octanol–water partition coefficient (Wildman–Crippen LogP) is 4.58. The molecule has 1 unspecified atom stereocenters. The first-order valence-electron chi connectivity index (χ1n) is 8.19. The molecule has 1 nitrogen and oxygen atoms in total. The number of rotatable bonds is 7. The fourth-order valence-electron chi connectivity index (χ4n) is 3.07. The summed E-state index contributed by atoms with van der Waals surface area (Å²) in [6, 6.07) is 9.43. The van der Waals surface area contributed by atoms with Crippen LogP contribution in [0.5, 0.6) is 0 Å². The van der Waals surface area contributed by atoms with E-state index in [1.807, 2.05) is 0 Å². The van der Waals surface area contributed by atoms with Crippen molar-refractivity contribution in [1.82, 2.24) is 5.32 Å². The summed E-state index contributed by atoms with van der Waals surface area (Å²) in [5.74, 6) is 1.26. The van der Waals surface area contributed by atoms with Crippen LogP contribution >= 0.6 is 11.8 Å². The average Bonchev–Trinajstić information content (AvgIpc) is 2.48. The molecule has 0 spiro atoms. The van der Waals surface area contributed by atoms with Gasteiger partial charge in [0.2, 0.25) is 0 Å². The Morgan fingerprint density at radius 1 is 1.20 bits per heavy atom. The van der Waals surface area contributed by atoms with Crippen molar-refractivity contribution in [3.8, 4) is 0 Å². The molecule has 0 heterocycles. The molecule has 1 aromatic carbocycles. The normalized spacial score (nSPS) is 18.1. The maximum absolute atomic E-state index is 3.68. The largest absolute Gasteiger partial charge is 0.313 e. The Balaban J connectivity index is 1.84. The summed E-state index contributed by atoms with van der Waals surface area (Å²) in [4.78, 5) is 0. The summed E-state index contributed by atoms with van der Waals surface area (Å²) in [5, 5.41) is 4.60. The van der Waals surface area contributed by atoms with E-state index in [-0.39, 0.29) is 0 Å².